The van der Waals surface area contributed by atoms with Crippen LogP contribution in [-0.2, 0) is 11.3 Å². The fourth-order valence-electron chi connectivity index (χ4n) is 1.54. The van der Waals surface area contributed by atoms with E-state index in [4.69, 9.17) is 0 Å². The first kappa shape index (κ1) is 14.1. The van der Waals surface area contributed by atoms with Crippen LogP contribution in [-0.4, -0.2) is 21.6 Å². The van der Waals surface area contributed by atoms with Gasteiger partial charge in [-0.25, -0.2) is 4.98 Å². The molecule has 19 heavy (non-hydrogen) atoms. The van der Waals surface area contributed by atoms with Gasteiger partial charge in [-0.1, -0.05) is 15.9 Å². The third kappa shape index (κ3) is 4.40. The molecule has 0 saturated carbocycles. The molecule has 0 aliphatic heterocycles. The zero-order valence-electron chi connectivity index (χ0n) is 10.4. The Kier molecular flexibility index (Phi) is 5.04. The van der Waals surface area contributed by atoms with Gasteiger partial charge in [-0.2, -0.15) is 0 Å². The summed E-state index contributed by atoms with van der Waals surface area (Å²) in [5.41, 5.74) is 2.07. The van der Waals surface area contributed by atoms with Crippen LogP contribution in [0, 0.1) is 6.92 Å². The van der Waals surface area contributed by atoms with Gasteiger partial charge in [0.2, 0.25) is 5.91 Å². The van der Waals surface area contributed by atoms with Gasteiger partial charge in [-0.3, -0.25) is 4.79 Å². The molecule has 2 N–H and O–H groups in total. The number of nitrogens with zero attached hydrogens (tertiary/aromatic N) is 1. The third-order valence-corrected chi connectivity index (χ3v) is 4.20. The Morgan fingerprint density at radius 2 is 2.37 bits per heavy atom. The van der Waals surface area contributed by atoms with Gasteiger partial charge in [-0.15, -0.1) is 11.8 Å². The number of aromatic amines is 1. The molecule has 0 radical (unpaired) electrons. The lowest BCUT2D eigenvalue weighted by atomic mass is 10.2. The molecule has 4 nitrogen and oxygen atoms in total. The number of hydrogen-bond acceptors (Lipinski definition) is 3. The van der Waals surface area contributed by atoms with Crippen LogP contribution in [0.5, 0.6) is 0 Å². The van der Waals surface area contributed by atoms with Crippen LogP contribution in [0.15, 0.2) is 40.1 Å². The zero-order valence-corrected chi connectivity index (χ0v) is 12.8. The van der Waals surface area contributed by atoms with Crippen LogP contribution in [0.25, 0.3) is 0 Å². The highest BCUT2D eigenvalue weighted by molar-refractivity contribution is 9.10. The SMILES string of the molecule is Cc1cc(Br)ccc1SCC(=O)NCc1cnc[nH]1. The van der Waals surface area contributed by atoms with E-state index in [1.165, 1.54) is 5.56 Å². The van der Waals surface area contributed by atoms with E-state index in [9.17, 15) is 4.79 Å². The number of aromatic nitrogens is 2. The van der Waals surface area contributed by atoms with E-state index in [-0.39, 0.29) is 5.91 Å². The minimum atomic E-state index is 0.0157. The number of imidazole rings is 1. The van der Waals surface area contributed by atoms with Crippen LogP contribution < -0.4 is 5.32 Å². The summed E-state index contributed by atoms with van der Waals surface area (Å²) >= 11 is 4.97. The highest BCUT2D eigenvalue weighted by atomic mass is 79.9. The molecular weight excluding hydrogens is 326 g/mol. The predicted octanol–water partition coefficient (Wildman–Crippen LogP) is 2.89. The molecule has 0 aliphatic carbocycles. The monoisotopic (exact) mass is 339 g/mol. The highest BCUT2D eigenvalue weighted by Gasteiger charge is 2.05. The average Bonchev–Trinajstić information content (AvgIpc) is 2.88. The maximum Gasteiger partial charge on any atom is 0.230 e. The second kappa shape index (κ2) is 6.77. The van der Waals surface area contributed by atoms with E-state index in [0.29, 0.717) is 12.3 Å². The number of hydrogen-bond donors (Lipinski definition) is 2. The molecule has 0 unspecified atom stereocenters. The third-order valence-electron chi connectivity index (χ3n) is 2.53. The zero-order chi connectivity index (χ0) is 13.7. The quantitative estimate of drug-likeness (QED) is 0.823. The number of halogens is 1. The Morgan fingerprint density at radius 3 is 3.05 bits per heavy atom. The Morgan fingerprint density at radius 1 is 1.53 bits per heavy atom. The lowest BCUT2D eigenvalue weighted by molar-refractivity contribution is -0.118. The maximum absolute atomic E-state index is 11.7. The standard InChI is InChI=1S/C13H14BrN3OS/c1-9-4-10(14)2-3-12(9)19-7-13(18)16-6-11-5-15-8-17-11/h2-5,8H,6-7H2,1H3,(H,15,17)(H,16,18). The highest BCUT2D eigenvalue weighted by Crippen LogP contribution is 2.25. The largest absolute Gasteiger partial charge is 0.350 e. The predicted molar refractivity (Wildman–Crippen MR) is 80.0 cm³/mol. The molecule has 0 aliphatic rings. The van der Waals surface area contributed by atoms with E-state index in [1.807, 2.05) is 25.1 Å². The van der Waals surface area contributed by atoms with Crippen molar-refractivity contribution in [2.75, 3.05) is 5.75 Å². The Bertz CT molecular complexity index is 557. The number of aryl methyl sites for hydroxylation is 1. The molecule has 0 fully saturated rings. The van der Waals surface area contributed by atoms with Gasteiger partial charge in [0.05, 0.1) is 24.3 Å². The van der Waals surface area contributed by atoms with Gasteiger partial charge in [-0.05, 0) is 30.7 Å². The van der Waals surface area contributed by atoms with Crippen molar-refractivity contribution in [2.24, 2.45) is 0 Å². The molecule has 0 saturated heterocycles. The number of benzene rings is 1. The molecule has 1 aromatic heterocycles. The summed E-state index contributed by atoms with van der Waals surface area (Å²) in [5.74, 6) is 0.429. The smallest absolute Gasteiger partial charge is 0.230 e. The van der Waals surface area contributed by atoms with Crippen LogP contribution in [0.3, 0.4) is 0 Å². The molecule has 6 heteroatoms. The first-order valence-corrected chi connectivity index (χ1v) is 7.56. The normalized spacial score (nSPS) is 10.4. The van der Waals surface area contributed by atoms with Crippen molar-refractivity contribution in [3.05, 3.63) is 46.5 Å². The summed E-state index contributed by atoms with van der Waals surface area (Å²) < 4.78 is 1.05. The summed E-state index contributed by atoms with van der Waals surface area (Å²) in [6.07, 6.45) is 3.30. The molecule has 0 bridgehead atoms. The van der Waals surface area contributed by atoms with Gasteiger partial charge >= 0.3 is 0 Å². The fraction of sp³-hybridized carbons (Fsp3) is 0.231. The molecule has 100 valence electrons. The topological polar surface area (TPSA) is 57.8 Å². The lowest BCUT2D eigenvalue weighted by Gasteiger charge is -2.06. The van der Waals surface area contributed by atoms with Crippen molar-refractivity contribution in [3.63, 3.8) is 0 Å². The summed E-state index contributed by atoms with van der Waals surface area (Å²) in [4.78, 5) is 19.7. The summed E-state index contributed by atoms with van der Waals surface area (Å²) in [6.45, 7) is 2.52. The molecule has 1 heterocycles. The van der Waals surface area contributed by atoms with E-state index in [1.54, 1.807) is 24.3 Å². The number of nitrogens with one attached hydrogen (secondary N) is 2. The number of carbonyl (C=O) groups excluding carboxylic acids is 1. The first-order chi connectivity index (χ1) is 9.15. The number of H-pyrrole nitrogens is 1. The maximum atomic E-state index is 11.7. The molecule has 2 rings (SSSR count). The van der Waals surface area contributed by atoms with Gasteiger partial charge in [0, 0.05) is 15.6 Å². The van der Waals surface area contributed by atoms with Crippen molar-refractivity contribution in [3.8, 4) is 0 Å². The Labute approximate surface area is 124 Å². The summed E-state index contributed by atoms with van der Waals surface area (Å²) in [7, 11) is 0. The summed E-state index contributed by atoms with van der Waals surface area (Å²) in [5, 5.41) is 2.85. The summed E-state index contributed by atoms with van der Waals surface area (Å²) in [6, 6.07) is 6.05. The molecule has 0 atom stereocenters. The first-order valence-electron chi connectivity index (χ1n) is 5.78. The number of rotatable bonds is 5. The lowest BCUT2D eigenvalue weighted by Crippen LogP contribution is -2.24. The second-order valence-corrected chi connectivity index (χ2v) is 5.98. The number of amides is 1. The van der Waals surface area contributed by atoms with Crippen molar-refractivity contribution in [1.29, 1.82) is 0 Å². The number of thioether (sulfide) groups is 1. The van der Waals surface area contributed by atoms with Crippen molar-refractivity contribution < 1.29 is 4.79 Å². The van der Waals surface area contributed by atoms with E-state index >= 15 is 0 Å². The van der Waals surface area contributed by atoms with E-state index < -0.39 is 0 Å². The number of carbonyl (C=O) groups is 1. The van der Waals surface area contributed by atoms with Gasteiger partial charge < -0.3 is 10.3 Å². The second-order valence-electron chi connectivity index (χ2n) is 4.05. The Hall–Kier alpha value is -1.27. The van der Waals surface area contributed by atoms with Crippen LogP contribution in [0.1, 0.15) is 11.3 Å². The van der Waals surface area contributed by atoms with Crippen molar-refractivity contribution in [1.82, 2.24) is 15.3 Å². The molecule has 1 aromatic carbocycles. The van der Waals surface area contributed by atoms with Crippen LogP contribution in [0.2, 0.25) is 0 Å². The van der Waals surface area contributed by atoms with Gasteiger partial charge in [0.15, 0.2) is 0 Å². The van der Waals surface area contributed by atoms with Crippen LogP contribution >= 0.6 is 27.7 Å². The molecule has 0 spiro atoms. The average molecular weight is 340 g/mol. The van der Waals surface area contributed by atoms with Crippen molar-refractivity contribution >= 4 is 33.6 Å². The van der Waals surface area contributed by atoms with Crippen LogP contribution in [0.4, 0.5) is 0 Å². The van der Waals surface area contributed by atoms with Crippen molar-refractivity contribution in [2.45, 2.75) is 18.4 Å². The Balaban J connectivity index is 1.80. The molecule has 2 aromatic rings. The van der Waals surface area contributed by atoms with Gasteiger partial charge in [0.25, 0.3) is 0 Å². The molecular formula is C13H14BrN3OS. The fourth-order valence-corrected chi connectivity index (χ4v) is 2.86. The van der Waals surface area contributed by atoms with Gasteiger partial charge in [0.1, 0.15) is 0 Å². The van der Waals surface area contributed by atoms with E-state index in [2.05, 4.69) is 31.2 Å². The minimum absolute atomic E-state index is 0.0157. The minimum Gasteiger partial charge on any atom is -0.350 e. The molecule has 1 amide bonds. The van der Waals surface area contributed by atoms with E-state index in [0.717, 1.165) is 15.1 Å².